The fourth-order valence-corrected chi connectivity index (χ4v) is 1.96. The number of hydrogen-bond donors (Lipinski definition) is 0. The van der Waals surface area contributed by atoms with E-state index in [2.05, 4.69) is 71.7 Å². The second-order valence-corrected chi connectivity index (χ2v) is 6.72. The molecule has 0 aliphatic carbocycles. The first kappa shape index (κ1) is 15.2. The minimum absolute atomic E-state index is 0.242. The van der Waals surface area contributed by atoms with Crippen molar-refractivity contribution in [3.63, 3.8) is 0 Å². The van der Waals surface area contributed by atoms with Crippen molar-refractivity contribution < 1.29 is 0 Å². The van der Waals surface area contributed by atoms with Gasteiger partial charge in [0.15, 0.2) is 0 Å². The van der Waals surface area contributed by atoms with Crippen LogP contribution in [0.4, 0.5) is 0 Å². The molecule has 0 saturated carbocycles. The van der Waals surface area contributed by atoms with Gasteiger partial charge in [-0.1, -0.05) is 39.0 Å². The molecule has 0 aliphatic rings. The summed E-state index contributed by atoms with van der Waals surface area (Å²) in [6, 6.07) is 7.55. The zero-order chi connectivity index (χ0) is 13.9. The van der Waals surface area contributed by atoms with E-state index in [0.717, 1.165) is 13.0 Å². The summed E-state index contributed by atoms with van der Waals surface area (Å²) in [5, 5.41) is 0. The lowest BCUT2D eigenvalue weighted by atomic mass is 9.85. The van der Waals surface area contributed by atoms with Gasteiger partial charge >= 0.3 is 0 Å². The molecule has 1 heteroatoms. The predicted octanol–water partition coefficient (Wildman–Crippen LogP) is 4.18. The molecule has 102 valence electrons. The Morgan fingerprint density at radius 2 is 1.78 bits per heavy atom. The Bertz CT molecular complexity index is 385. The van der Waals surface area contributed by atoms with Crippen LogP contribution in [0.2, 0.25) is 0 Å². The third-order valence-electron chi connectivity index (χ3n) is 3.83. The van der Waals surface area contributed by atoms with Crippen LogP contribution in [0.5, 0.6) is 0 Å². The average Bonchev–Trinajstić information content (AvgIpc) is 2.25. The minimum atomic E-state index is 0.242. The molecule has 0 spiro atoms. The summed E-state index contributed by atoms with van der Waals surface area (Å²) in [5.74, 6) is 0. The molecular weight excluding hydrogens is 218 g/mol. The summed E-state index contributed by atoms with van der Waals surface area (Å²) >= 11 is 0. The van der Waals surface area contributed by atoms with Crippen molar-refractivity contribution in [3.8, 4) is 0 Å². The van der Waals surface area contributed by atoms with E-state index < -0.39 is 0 Å². The van der Waals surface area contributed by atoms with E-state index in [0.29, 0.717) is 6.04 Å². The number of aryl methyl sites for hydroxylation is 1. The van der Waals surface area contributed by atoms with Crippen LogP contribution in [0.3, 0.4) is 0 Å². The maximum Gasteiger partial charge on any atom is 0.00356 e. The van der Waals surface area contributed by atoms with Crippen LogP contribution in [-0.4, -0.2) is 24.5 Å². The lowest BCUT2D eigenvalue weighted by molar-refractivity contribution is 0.277. The number of benzene rings is 1. The van der Waals surface area contributed by atoms with E-state index >= 15 is 0 Å². The summed E-state index contributed by atoms with van der Waals surface area (Å²) < 4.78 is 0. The molecular formula is C17H29N. The van der Waals surface area contributed by atoms with Gasteiger partial charge in [0.1, 0.15) is 0 Å². The quantitative estimate of drug-likeness (QED) is 0.771. The standard InChI is InChI=1S/C17H29N/c1-13(2)18(7)11-10-15-12-16(17(4,5)6)9-8-14(15)3/h8-9,12-13H,10-11H2,1-7H3. The van der Waals surface area contributed by atoms with Crippen LogP contribution in [0.1, 0.15) is 51.3 Å². The molecule has 0 bridgehead atoms. The summed E-state index contributed by atoms with van der Waals surface area (Å²) in [6.07, 6.45) is 1.14. The highest BCUT2D eigenvalue weighted by Gasteiger charge is 2.15. The third-order valence-corrected chi connectivity index (χ3v) is 3.83. The van der Waals surface area contributed by atoms with Gasteiger partial charge in [0.05, 0.1) is 0 Å². The highest BCUT2D eigenvalue weighted by atomic mass is 15.1. The van der Waals surface area contributed by atoms with Crippen molar-refractivity contribution in [2.24, 2.45) is 0 Å². The highest BCUT2D eigenvalue weighted by molar-refractivity contribution is 5.34. The van der Waals surface area contributed by atoms with Gasteiger partial charge in [-0.05, 0) is 56.3 Å². The molecule has 0 heterocycles. The van der Waals surface area contributed by atoms with E-state index in [9.17, 15) is 0 Å². The Kier molecular flexibility index (Phi) is 4.98. The summed E-state index contributed by atoms with van der Waals surface area (Å²) in [7, 11) is 2.20. The van der Waals surface area contributed by atoms with Crippen LogP contribution >= 0.6 is 0 Å². The van der Waals surface area contributed by atoms with Gasteiger partial charge in [-0.15, -0.1) is 0 Å². The van der Waals surface area contributed by atoms with Crippen LogP contribution in [0, 0.1) is 6.92 Å². The molecule has 1 nitrogen and oxygen atoms in total. The number of rotatable bonds is 4. The lowest BCUT2D eigenvalue weighted by Crippen LogP contribution is -2.28. The Morgan fingerprint density at radius 1 is 1.17 bits per heavy atom. The van der Waals surface area contributed by atoms with Gasteiger partial charge in [-0.25, -0.2) is 0 Å². The molecule has 0 amide bonds. The minimum Gasteiger partial charge on any atom is -0.304 e. The fourth-order valence-electron chi connectivity index (χ4n) is 1.96. The maximum atomic E-state index is 2.41. The van der Waals surface area contributed by atoms with E-state index in [1.165, 1.54) is 16.7 Å². The topological polar surface area (TPSA) is 3.24 Å². The van der Waals surface area contributed by atoms with Crippen molar-refractivity contribution in [1.82, 2.24) is 4.90 Å². The number of hydrogen-bond acceptors (Lipinski definition) is 1. The molecule has 0 atom stereocenters. The fraction of sp³-hybridized carbons (Fsp3) is 0.647. The van der Waals surface area contributed by atoms with Crippen LogP contribution in [0.15, 0.2) is 18.2 Å². The average molecular weight is 247 g/mol. The normalized spacial score (nSPS) is 12.5. The molecule has 0 saturated heterocycles. The van der Waals surface area contributed by atoms with Gasteiger partial charge in [-0.2, -0.15) is 0 Å². The Labute approximate surface area is 113 Å². The molecule has 0 N–H and O–H groups in total. The van der Waals surface area contributed by atoms with E-state index in [1.807, 2.05) is 0 Å². The molecule has 0 unspecified atom stereocenters. The smallest absolute Gasteiger partial charge is 0.00356 e. The van der Waals surface area contributed by atoms with Crippen molar-refractivity contribution in [2.45, 2.75) is 59.4 Å². The van der Waals surface area contributed by atoms with Crippen molar-refractivity contribution in [1.29, 1.82) is 0 Å². The first-order chi connectivity index (χ1) is 8.21. The van der Waals surface area contributed by atoms with Crippen LogP contribution in [-0.2, 0) is 11.8 Å². The Hall–Kier alpha value is -0.820. The van der Waals surface area contributed by atoms with Crippen LogP contribution in [0.25, 0.3) is 0 Å². The number of likely N-dealkylation sites (N-methyl/N-ethyl adjacent to an activating group) is 1. The molecule has 1 rings (SSSR count). The summed E-state index contributed by atoms with van der Waals surface area (Å²) in [4.78, 5) is 2.41. The van der Waals surface area contributed by atoms with Crippen LogP contribution < -0.4 is 0 Å². The molecule has 0 aromatic heterocycles. The SMILES string of the molecule is Cc1ccc(C(C)(C)C)cc1CCN(C)C(C)C. The predicted molar refractivity (Wildman–Crippen MR) is 81.3 cm³/mol. The van der Waals surface area contributed by atoms with Crippen molar-refractivity contribution >= 4 is 0 Å². The highest BCUT2D eigenvalue weighted by Crippen LogP contribution is 2.24. The van der Waals surface area contributed by atoms with E-state index in [4.69, 9.17) is 0 Å². The second kappa shape index (κ2) is 5.88. The maximum absolute atomic E-state index is 2.41. The zero-order valence-electron chi connectivity index (χ0n) is 13.2. The second-order valence-electron chi connectivity index (χ2n) is 6.72. The molecule has 1 aromatic rings. The molecule has 0 radical (unpaired) electrons. The summed E-state index contributed by atoms with van der Waals surface area (Å²) in [5.41, 5.74) is 4.59. The van der Waals surface area contributed by atoms with E-state index in [-0.39, 0.29) is 5.41 Å². The molecule has 0 fully saturated rings. The lowest BCUT2D eigenvalue weighted by Gasteiger charge is -2.23. The first-order valence-corrected chi connectivity index (χ1v) is 7.02. The number of nitrogens with zero attached hydrogens (tertiary/aromatic N) is 1. The van der Waals surface area contributed by atoms with Gasteiger partial charge < -0.3 is 4.90 Å². The van der Waals surface area contributed by atoms with E-state index in [1.54, 1.807) is 0 Å². The summed E-state index contributed by atoms with van der Waals surface area (Å²) in [6.45, 7) is 14.7. The van der Waals surface area contributed by atoms with Crippen molar-refractivity contribution in [3.05, 3.63) is 34.9 Å². The Balaban J connectivity index is 2.82. The van der Waals surface area contributed by atoms with Gasteiger partial charge in [0, 0.05) is 12.6 Å². The molecule has 0 aliphatic heterocycles. The largest absolute Gasteiger partial charge is 0.304 e. The van der Waals surface area contributed by atoms with Gasteiger partial charge in [-0.3, -0.25) is 0 Å². The Morgan fingerprint density at radius 3 is 2.28 bits per heavy atom. The van der Waals surface area contributed by atoms with Gasteiger partial charge in [0.2, 0.25) is 0 Å². The monoisotopic (exact) mass is 247 g/mol. The van der Waals surface area contributed by atoms with Gasteiger partial charge in [0.25, 0.3) is 0 Å². The van der Waals surface area contributed by atoms with Crippen molar-refractivity contribution in [2.75, 3.05) is 13.6 Å². The first-order valence-electron chi connectivity index (χ1n) is 7.02. The molecule has 1 aromatic carbocycles. The zero-order valence-corrected chi connectivity index (χ0v) is 13.2. The molecule has 18 heavy (non-hydrogen) atoms. The third kappa shape index (κ3) is 4.13.